The summed E-state index contributed by atoms with van der Waals surface area (Å²) in [6.45, 7) is 1.55. The van der Waals surface area contributed by atoms with Crippen molar-refractivity contribution in [1.82, 2.24) is 0 Å². The van der Waals surface area contributed by atoms with Crippen molar-refractivity contribution in [2.45, 2.75) is 6.92 Å². The van der Waals surface area contributed by atoms with Crippen molar-refractivity contribution in [3.05, 3.63) is 27.1 Å². The molecule has 0 aliphatic heterocycles. The molecule has 0 bridgehead atoms. The monoisotopic (exact) mass is 363 g/mol. The van der Waals surface area contributed by atoms with Crippen LogP contribution in [-0.4, -0.2) is 17.0 Å². The minimum atomic E-state index is -0.709. The third-order valence-corrected chi connectivity index (χ3v) is 3.49. The molecule has 1 atom stereocenters. The molecule has 17 heavy (non-hydrogen) atoms. The van der Waals surface area contributed by atoms with E-state index < -0.39 is 5.92 Å². The molecule has 0 saturated carbocycles. The van der Waals surface area contributed by atoms with Crippen LogP contribution < -0.4 is 11.1 Å². The van der Waals surface area contributed by atoms with Crippen molar-refractivity contribution >= 4 is 49.3 Å². The predicted octanol–water partition coefficient (Wildman–Crippen LogP) is 2.53. The van der Waals surface area contributed by atoms with Crippen molar-refractivity contribution in [3.63, 3.8) is 0 Å². The summed E-state index contributed by atoms with van der Waals surface area (Å²) in [4.78, 5) is 11.8. The van der Waals surface area contributed by atoms with Gasteiger partial charge >= 0.3 is 0 Å². The molecule has 0 radical (unpaired) electrons. The van der Waals surface area contributed by atoms with Crippen molar-refractivity contribution in [2.24, 2.45) is 16.8 Å². The van der Waals surface area contributed by atoms with Crippen LogP contribution in [0.5, 0.6) is 0 Å². The lowest BCUT2D eigenvalue weighted by Gasteiger charge is -2.13. The van der Waals surface area contributed by atoms with Gasteiger partial charge in [0.15, 0.2) is 5.84 Å². The second-order valence-corrected chi connectivity index (χ2v) is 5.04. The number of amides is 1. The smallest absolute Gasteiger partial charge is 0.234 e. The van der Waals surface area contributed by atoms with E-state index in [1.165, 1.54) is 0 Å². The normalized spacial score (nSPS) is 13.2. The summed E-state index contributed by atoms with van der Waals surface area (Å²) >= 11 is 6.65. The van der Waals surface area contributed by atoms with E-state index in [0.29, 0.717) is 5.69 Å². The number of anilines is 1. The summed E-state index contributed by atoms with van der Waals surface area (Å²) in [5.74, 6) is -1.20. The lowest BCUT2D eigenvalue weighted by Crippen LogP contribution is -2.32. The molecule has 5 nitrogen and oxygen atoms in total. The average Bonchev–Trinajstić information content (AvgIpc) is 2.31. The van der Waals surface area contributed by atoms with Crippen molar-refractivity contribution < 1.29 is 10.0 Å². The fraction of sp³-hybridized carbons (Fsp3) is 0.200. The van der Waals surface area contributed by atoms with Gasteiger partial charge < -0.3 is 16.3 Å². The Morgan fingerprint density at radius 3 is 2.47 bits per heavy atom. The Labute approximate surface area is 115 Å². The van der Waals surface area contributed by atoms with Gasteiger partial charge in [-0.1, -0.05) is 11.2 Å². The second kappa shape index (κ2) is 6.02. The van der Waals surface area contributed by atoms with Crippen LogP contribution in [0.1, 0.15) is 6.92 Å². The van der Waals surface area contributed by atoms with Crippen LogP contribution in [0.2, 0.25) is 0 Å². The Balaban J connectivity index is 2.89. The SMILES string of the molecule is CC(C(=O)Nc1c(Br)cccc1Br)/C(N)=N/O. The van der Waals surface area contributed by atoms with E-state index in [4.69, 9.17) is 10.9 Å². The van der Waals surface area contributed by atoms with Gasteiger partial charge in [0, 0.05) is 8.95 Å². The van der Waals surface area contributed by atoms with Gasteiger partial charge in [0.2, 0.25) is 5.91 Å². The van der Waals surface area contributed by atoms with E-state index in [9.17, 15) is 4.79 Å². The van der Waals surface area contributed by atoms with Crippen molar-refractivity contribution in [3.8, 4) is 0 Å². The maximum atomic E-state index is 11.8. The largest absolute Gasteiger partial charge is 0.409 e. The molecule has 1 aromatic carbocycles. The molecule has 0 saturated heterocycles. The maximum Gasteiger partial charge on any atom is 0.234 e. The maximum absolute atomic E-state index is 11.8. The zero-order valence-electron chi connectivity index (χ0n) is 8.95. The molecule has 1 rings (SSSR count). The van der Waals surface area contributed by atoms with Gasteiger partial charge in [0.25, 0.3) is 0 Å². The average molecular weight is 365 g/mol. The molecule has 1 unspecified atom stereocenters. The van der Waals surface area contributed by atoms with E-state index in [1.807, 2.05) is 6.07 Å². The topological polar surface area (TPSA) is 87.7 Å². The predicted molar refractivity (Wildman–Crippen MR) is 73.0 cm³/mol. The van der Waals surface area contributed by atoms with E-state index in [1.54, 1.807) is 19.1 Å². The highest BCUT2D eigenvalue weighted by Gasteiger charge is 2.19. The summed E-state index contributed by atoms with van der Waals surface area (Å²) < 4.78 is 1.49. The van der Waals surface area contributed by atoms with Crippen LogP contribution >= 0.6 is 31.9 Å². The molecule has 0 fully saturated rings. The summed E-state index contributed by atoms with van der Waals surface area (Å²) in [7, 11) is 0. The fourth-order valence-electron chi connectivity index (χ4n) is 1.07. The van der Waals surface area contributed by atoms with Crippen LogP contribution in [-0.2, 0) is 4.79 Å². The first-order chi connectivity index (χ1) is 7.97. The van der Waals surface area contributed by atoms with Crippen LogP contribution in [0.15, 0.2) is 32.3 Å². The molecule has 0 heterocycles. The Bertz CT molecular complexity index is 443. The van der Waals surface area contributed by atoms with Crippen LogP contribution in [0.3, 0.4) is 0 Å². The summed E-state index contributed by atoms with van der Waals surface area (Å²) in [6.07, 6.45) is 0. The number of carbonyl (C=O) groups excluding carboxylic acids is 1. The number of hydrogen-bond donors (Lipinski definition) is 3. The van der Waals surface area contributed by atoms with E-state index >= 15 is 0 Å². The number of carbonyl (C=O) groups is 1. The van der Waals surface area contributed by atoms with Gasteiger partial charge in [-0.15, -0.1) is 0 Å². The first-order valence-electron chi connectivity index (χ1n) is 4.69. The Kier molecular flexibility index (Phi) is 4.95. The lowest BCUT2D eigenvalue weighted by molar-refractivity contribution is -0.117. The molecule has 0 aromatic heterocycles. The highest BCUT2D eigenvalue weighted by atomic mass is 79.9. The molecule has 7 heteroatoms. The number of halogens is 2. The van der Waals surface area contributed by atoms with Gasteiger partial charge in [-0.3, -0.25) is 4.79 Å². The minimum absolute atomic E-state index is 0.134. The zero-order chi connectivity index (χ0) is 13.0. The molecule has 0 spiro atoms. The molecule has 92 valence electrons. The van der Waals surface area contributed by atoms with Gasteiger partial charge in [0.05, 0.1) is 11.6 Å². The number of hydrogen-bond acceptors (Lipinski definition) is 3. The van der Waals surface area contributed by atoms with E-state index in [0.717, 1.165) is 8.95 Å². The van der Waals surface area contributed by atoms with Gasteiger partial charge in [-0.25, -0.2) is 0 Å². The third-order valence-electron chi connectivity index (χ3n) is 2.16. The van der Waals surface area contributed by atoms with Crippen LogP contribution in [0, 0.1) is 5.92 Å². The summed E-state index contributed by atoms with van der Waals surface area (Å²) in [5.41, 5.74) is 5.97. The fourth-order valence-corrected chi connectivity index (χ4v) is 2.27. The van der Waals surface area contributed by atoms with Crippen molar-refractivity contribution in [2.75, 3.05) is 5.32 Å². The van der Waals surface area contributed by atoms with E-state index in [-0.39, 0.29) is 11.7 Å². The van der Waals surface area contributed by atoms with Crippen molar-refractivity contribution in [1.29, 1.82) is 0 Å². The summed E-state index contributed by atoms with van der Waals surface area (Å²) in [6, 6.07) is 5.43. The van der Waals surface area contributed by atoms with Crippen LogP contribution in [0.4, 0.5) is 5.69 Å². The number of oxime groups is 1. The van der Waals surface area contributed by atoms with E-state index in [2.05, 4.69) is 42.3 Å². The summed E-state index contributed by atoms with van der Waals surface area (Å²) in [5, 5.41) is 14.0. The number of rotatable bonds is 3. The molecule has 0 aliphatic carbocycles. The molecule has 1 aromatic rings. The Morgan fingerprint density at radius 2 is 2.00 bits per heavy atom. The number of nitrogens with two attached hydrogens (primary N) is 1. The molecular weight excluding hydrogens is 354 g/mol. The molecule has 4 N–H and O–H groups in total. The standard InChI is InChI=1S/C10H11Br2N3O2/c1-5(9(13)15-17)10(16)14-8-6(11)3-2-4-7(8)12/h2-5,17H,1H3,(H2,13,15)(H,14,16). The van der Waals surface area contributed by atoms with Gasteiger partial charge in [-0.2, -0.15) is 0 Å². The first kappa shape index (κ1) is 14.0. The lowest BCUT2D eigenvalue weighted by atomic mass is 10.1. The zero-order valence-corrected chi connectivity index (χ0v) is 12.1. The number of amidine groups is 1. The Morgan fingerprint density at radius 1 is 1.47 bits per heavy atom. The first-order valence-corrected chi connectivity index (χ1v) is 6.28. The molecular formula is C10H11Br2N3O2. The van der Waals surface area contributed by atoms with Gasteiger partial charge in [0.1, 0.15) is 0 Å². The Hall–Kier alpha value is -1.08. The second-order valence-electron chi connectivity index (χ2n) is 3.33. The highest BCUT2D eigenvalue weighted by molar-refractivity contribution is 9.11. The number of nitrogens with zero attached hydrogens (tertiary/aromatic N) is 1. The molecule has 1 amide bonds. The quantitative estimate of drug-likeness (QED) is 0.333. The number of nitrogens with one attached hydrogen (secondary N) is 1. The highest BCUT2D eigenvalue weighted by Crippen LogP contribution is 2.30. The third kappa shape index (κ3) is 3.44. The van der Waals surface area contributed by atoms with Gasteiger partial charge in [-0.05, 0) is 50.9 Å². The number of benzene rings is 1. The van der Waals surface area contributed by atoms with Crippen LogP contribution in [0.25, 0.3) is 0 Å². The molecule has 0 aliphatic rings. The minimum Gasteiger partial charge on any atom is -0.409 e. The number of para-hydroxylation sites is 1.